The van der Waals surface area contributed by atoms with Crippen LogP contribution in [0.25, 0.3) is 0 Å². The minimum atomic E-state index is -4.32. The van der Waals surface area contributed by atoms with E-state index in [-0.39, 0.29) is 30.6 Å². The van der Waals surface area contributed by atoms with Crippen LogP contribution >= 0.6 is 11.6 Å². The normalized spacial score (nSPS) is 24.0. The van der Waals surface area contributed by atoms with Crippen molar-refractivity contribution in [1.29, 1.82) is 0 Å². The molecule has 1 aromatic carbocycles. The van der Waals surface area contributed by atoms with Crippen LogP contribution in [0.1, 0.15) is 18.0 Å². The molecular formula is C17H18ClF4N3O3. The first-order valence-electron chi connectivity index (χ1n) is 8.61. The Labute approximate surface area is 163 Å². The van der Waals surface area contributed by atoms with Crippen molar-refractivity contribution >= 4 is 23.6 Å². The minimum absolute atomic E-state index is 0.00751. The largest absolute Gasteiger partial charge is 0.434 e. The molecule has 28 heavy (non-hydrogen) atoms. The zero-order chi connectivity index (χ0) is 20.5. The number of nitrogens with one attached hydrogen (secondary N) is 2. The first kappa shape index (κ1) is 20.7. The second-order valence-corrected chi connectivity index (χ2v) is 7.24. The van der Waals surface area contributed by atoms with Crippen LogP contribution in [0.3, 0.4) is 0 Å². The van der Waals surface area contributed by atoms with E-state index in [2.05, 4.69) is 10.6 Å². The summed E-state index contributed by atoms with van der Waals surface area (Å²) >= 11 is 5.84. The lowest BCUT2D eigenvalue weighted by Crippen LogP contribution is -2.42. The summed E-state index contributed by atoms with van der Waals surface area (Å²) in [7, 11) is 0. The van der Waals surface area contributed by atoms with Gasteiger partial charge in [-0.2, -0.15) is 13.2 Å². The number of hydrogen-bond donors (Lipinski definition) is 2. The summed E-state index contributed by atoms with van der Waals surface area (Å²) in [6.45, 7) is -0.738. The molecule has 2 aliphatic rings. The fourth-order valence-electron chi connectivity index (χ4n) is 3.49. The number of carbonyl (C=O) groups excluding carboxylic acids is 2. The van der Waals surface area contributed by atoms with Gasteiger partial charge in [-0.25, -0.2) is 9.18 Å². The van der Waals surface area contributed by atoms with Crippen LogP contribution in [0.4, 0.5) is 22.4 Å². The van der Waals surface area contributed by atoms with Crippen molar-refractivity contribution in [3.05, 3.63) is 34.6 Å². The molecule has 2 amide bonds. The highest BCUT2D eigenvalue weighted by molar-refractivity contribution is 6.30. The molecule has 1 aromatic rings. The Hall–Kier alpha value is -2.07. The molecule has 0 bridgehead atoms. The number of ether oxygens (including phenoxy) is 1. The molecule has 2 aliphatic heterocycles. The maximum Gasteiger partial charge on any atom is 0.408 e. The molecule has 6 nitrogen and oxygen atoms in total. The number of amides is 2. The summed E-state index contributed by atoms with van der Waals surface area (Å²) in [6, 6.07) is 3.20. The second-order valence-electron chi connectivity index (χ2n) is 6.83. The van der Waals surface area contributed by atoms with Crippen molar-refractivity contribution in [2.24, 2.45) is 5.92 Å². The number of carbonyl (C=O) groups is 2. The van der Waals surface area contributed by atoms with Crippen LogP contribution in [-0.4, -0.2) is 55.4 Å². The molecular weight excluding hydrogens is 406 g/mol. The molecule has 0 aliphatic carbocycles. The highest BCUT2D eigenvalue weighted by Crippen LogP contribution is 2.33. The summed E-state index contributed by atoms with van der Waals surface area (Å²) in [5.41, 5.74) is 0.468. The molecule has 2 heterocycles. The van der Waals surface area contributed by atoms with Crippen molar-refractivity contribution in [1.82, 2.24) is 15.5 Å². The van der Waals surface area contributed by atoms with Gasteiger partial charge in [0.2, 0.25) is 0 Å². The predicted molar refractivity (Wildman–Crippen MR) is 91.2 cm³/mol. The highest BCUT2D eigenvalue weighted by Gasteiger charge is 2.39. The van der Waals surface area contributed by atoms with Crippen LogP contribution in [0, 0.1) is 11.7 Å². The van der Waals surface area contributed by atoms with Crippen LogP contribution in [-0.2, 0) is 9.53 Å². The quantitative estimate of drug-likeness (QED) is 0.714. The Balaban J connectivity index is 1.77. The van der Waals surface area contributed by atoms with E-state index in [0.717, 1.165) is 6.07 Å². The summed E-state index contributed by atoms with van der Waals surface area (Å²) in [5, 5.41) is 4.92. The Morgan fingerprint density at radius 2 is 2.18 bits per heavy atom. The summed E-state index contributed by atoms with van der Waals surface area (Å²) in [6.07, 6.45) is -5.69. The monoisotopic (exact) mass is 423 g/mol. The van der Waals surface area contributed by atoms with Crippen LogP contribution in [0.15, 0.2) is 18.2 Å². The van der Waals surface area contributed by atoms with Crippen molar-refractivity contribution in [2.75, 3.05) is 26.2 Å². The number of likely N-dealkylation sites (tertiary alicyclic amines) is 1. The van der Waals surface area contributed by atoms with Crippen molar-refractivity contribution in [3.8, 4) is 0 Å². The van der Waals surface area contributed by atoms with Crippen molar-refractivity contribution in [2.45, 2.75) is 24.7 Å². The van der Waals surface area contributed by atoms with E-state index in [0.29, 0.717) is 12.0 Å². The third-order valence-corrected chi connectivity index (χ3v) is 5.05. The van der Waals surface area contributed by atoms with E-state index in [1.807, 2.05) is 0 Å². The number of rotatable bonds is 5. The van der Waals surface area contributed by atoms with Gasteiger partial charge in [0.1, 0.15) is 5.82 Å². The number of benzene rings is 1. The lowest BCUT2D eigenvalue weighted by molar-refractivity contribution is -0.144. The lowest BCUT2D eigenvalue weighted by atomic mass is 9.92. The first-order valence-corrected chi connectivity index (χ1v) is 8.99. The molecule has 11 heteroatoms. The third kappa shape index (κ3) is 5.05. The molecule has 3 atom stereocenters. The number of nitrogens with zero attached hydrogens (tertiary/aromatic N) is 1. The second kappa shape index (κ2) is 8.12. The molecule has 2 saturated heterocycles. The standard InChI is InChI=1S/C17H18ClF4N3O3/c18-11-5-9(1-2-12(11)19)14(24-15(26)13-6-23-16(27)28-13)10-3-4-25(7-10)8-17(20,21)22/h1-2,5,10,13-14H,3-4,6-8H2,(H,23,27)(H,24,26)/t10?,13?,14-/m1/s1. The van der Waals surface area contributed by atoms with E-state index in [9.17, 15) is 27.2 Å². The van der Waals surface area contributed by atoms with Crippen LogP contribution < -0.4 is 10.6 Å². The fraction of sp³-hybridized carbons (Fsp3) is 0.529. The molecule has 0 radical (unpaired) electrons. The van der Waals surface area contributed by atoms with Gasteiger partial charge in [0.25, 0.3) is 5.91 Å². The van der Waals surface area contributed by atoms with Gasteiger partial charge in [0, 0.05) is 6.54 Å². The van der Waals surface area contributed by atoms with Crippen LogP contribution in [0.5, 0.6) is 0 Å². The fourth-order valence-corrected chi connectivity index (χ4v) is 3.68. The van der Waals surface area contributed by atoms with Gasteiger partial charge in [0.15, 0.2) is 6.10 Å². The van der Waals surface area contributed by atoms with Crippen LogP contribution in [0.2, 0.25) is 5.02 Å². The van der Waals surface area contributed by atoms with Crippen molar-refractivity contribution in [3.63, 3.8) is 0 Å². The zero-order valence-electron chi connectivity index (χ0n) is 14.6. The molecule has 0 spiro atoms. The minimum Gasteiger partial charge on any atom is -0.434 e. The number of alkyl carbamates (subject to hydrolysis) is 1. The SMILES string of the molecule is O=C1NCC(C(=O)N[C@H](c2ccc(F)c(Cl)c2)C2CCN(CC(F)(F)F)C2)O1. The first-order chi connectivity index (χ1) is 13.1. The van der Waals surface area contributed by atoms with E-state index < -0.39 is 42.7 Å². The Bertz CT molecular complexity index is 762. The van der Waals surface area contributed by atoms with E-state index in [1.165, 1.54) is 17.0 Å². The zero-order valence-corrected chi connectivity index (χ0v) is 15.3. The molecule has 2 unspecified atom stereocenters. The average Bonchev–Trinajstić information content (AvgIpc) is 3.23. The van der Waals surface area contributed by atoms with Gasteiger partial charge >= 0.3 is 12.3 Å². The summed E-state index contributed by atoms with van der Waals surface area (Å²) in [5.74, 6) is -1.58. The number of halogens is 5. The number of hydrogen-bond acceptors (Lipinski definition) is 4. The Morgan fingerprint density at radius 1 is 1.43 bits per heavy atom. The number of alkyl halides is 3. The van der Waals surface area contributed by atoms with Gasteiger partial charge in [-0.1, -0.05) is 17.7 Å². The van der Waals surface area contributed by atoms with E-state index >= 15 is 0 Å². The van der Waals surface area contributed by atoms with E-state index in [1.54, 1.807) is 0 Å². The third-order valence-electron chi connectivity index (χ3n) is 4.76. The predicted octanol–water partition coefficient (Wildman–Crippen LogP) is 2.63. The molecule has 0 aromatic heterocycles. The van der Waals surface area contributed by atoms with Gasteiger partial charge in [-0.05, 0) is 36.6 Å². The van der Waals surface area contributed by atoms with Crippen molar-refractivity contribution < 1.29 is 31.9 Å². The molecule has 2 N–H and O–H groups in total. The maximum atomic E-state index is 13.5. The topological polar surface area (TPSA) is 70.7 Å². The Morgan fingerprint density at radius 3 is 2.79 bits per heavy atom. The van der Waals surface area contributed by atoms with Gasteiger partial charge in [-0.15, -0.1) is 0 Å². The average molecular weight is 424 g/mol. The van der Waals surface area contributed by atoms with Gasteiger partial charge in [0.05, 0.1) is 24.2 Å². The summed E-state index contributed by atoms with van der Waals surface area (Å²) in [4.78, 5) is 24.9. The molecule has 3 rings (SSSR count). The molecule has 0 saturated carbocycles. The number of cyclic esters (lactones) is 1. The van der Waals surface area contributed by atoms with Gasteiger partial charge < -0.3 is 15.4 Å². The van der Waals surface area contributed by atoms with Gasteiger partial charge in [-0.3, -0.25) is 9.69 Å². The molecule has 2 fully saturated rings. The van der Waals surface area contributed by atoms with E-state index in [4.69, 9.17) is 16.3 Å². The molecule has 154 valence electrons. The maximum absolute atomic E-state index is 13.5. The highest BCUT2D eigenvalue weighted by atomic mass is 35.5. The smallest absolute Gasteiger partial charge is 0.408 e. The Kier molecular flexibility index (Phi) is 5.99. The summed E-state index contributed by atoms with van der Waals surface area (Å²) < 4.78 is 56.4. The lowest BCUT2D eigenvalue weighted by Gasteiger charge is -2.27.